The quantitative estimate of drug-likeness (QED) is 0.814. The van der Waals surface area contributed by atoms with Crippen LogP contribution in [-0.4, -0.2) is 53.5 Å². The lowest BCUT2D eigenvalue weighted by atomic mass is 10.1. The number of rotatable bonds is 5. The highest BCUT2D eigenvalue weighted by atomic mass is 16.3. The van der Waals surface area contributed by atoms with Crippen LogP contribution < -0.4 is 5.73 Å². The molecule has 3 N–H and O–H groups in total. The van der Waals surface area contributed by atoms with E-state index in [0.29, 0.717) is 31.7 Å². The van der Waals surface area contributed by atoms with Gasteiger partial charge in [0.25, 0.3) is 0 Å². The molecule has 1 fully saturated rings. The molecule has 1 aliphatic heterocycles. The third-order valence-electron chi connectivity index (χ3n) is 4.68. The van der Waals surface area contributed by atoms with Gasteiger partial charge in [-0.3, -0.25) is 9.69 Å². The van der Waals surface area contributed by atoms with E-state index in [2.05, 4.69) is 4.90 Å². The Morgan fingerprint density at radius 2 is 1.64 bits per heavy atom. The summed E-state index contributed by atoms with van der Waals surface area (Å²) < 4.78 is 0. The summed E-state index contributed by atoms with van der Waals surface area (Å²) in [6.45, 7) is 3.59. The topological polar surface area (TPSA) is 69.8 Å². The summed E-state index contributed by atoms with van der Waals surface area (Å²) in [7, 11) is 0. The monoisotopic (exact) mass is 339 g/mol. The summed E-state index contributed by atoms with van der Waals surface area (Å²) in [5.41, 5.74) is 8.31. The summed E-state index contributed by atoms with van der Waals surface area (Å²) in [6, 6.07) is 17.2. The number of benzene rings is 2. The molecule has 25 heavy (non-hydrogen) atoms. The van der Waals surface area contributed by atoms with Crippen LogP contribution in [0.15, 0.2) is 54.6 Å². The largest absolute Gasteiger partial charge is 0.399 e. The van der Waals surface area contributed by atoms with E-state index in [9.17, 15) is 9.90 Å². The van der Waals surface area contributed by atoms with Crippen molar-refractivity contribution in [2.24, 2.45) is 0 Å². The molecule has 0 saturated carbocycles. The number of aliphatic hydroxyl groups is 1. The van der Waals surface area contributed by atoms with Crippen LogP contribution in [0.1, 0.15) is 17.2 Å². The molecule has 0 aromatic heterocycles. The first-order valence-electron chi connectivity index (χ1n) is 8.69. The second-order valence-electron chi connectivity index (χ2n) is 6.53. The Balaban J connectivity index is 1.46. The van der Waals surface area contributed by atoms with Crippen LogP contribution in [0.2, 0.25) is 0 Å². The molecule has 0 spiro atoms. The van der Waals surface area contributed by atoms with Crippen LogP contribution in [-0.2, 0) is 11.2 Å². The zero-order valence-electron chi connectivity index (χ0n) is 14.3. The van der Waals surface area contributed by atoms with Gasteiger partial charge in [0.1, 0.15) is 0 Å². The van der Waals surface area contributed by atoms with Crippen molar-refractivity contribution in [1.29, 1.82) is 0 Å². The predicted octanol–water partition coefficient (Wildman–Crippen LogP) is 1.69. The van der Waals surface area contributed by atoms with Gasteiger partial charge >= 0.3 is 0 Å². The molecule has 1 unspecified atom stereocenters. The van der Waals surface area contributed by atoms with E-state index in [4.69, 9.17) is 5.73 Å². The van der Waals surface area contributed by atoms with Crippen LogP contribution >= 0.6 is 0 Å². The van der Waals surface area contributed by atoms with Gasteiger partial charge in [-0.15, -0.1) is 0 Å². The van der Waals surface area contributed by atoms with Crippen molar-refractivity contribution in [2.45, 2.75) is 12.5 Å². The van der Waals surface area contributed by atoms with Gasteiger partial charge in [0.15, 0.2) is 0 Å². The molecule has 1 heterocycles. The highest BCUT2D eigenvalue weighted by molar-refractivity contribution is 5.79. The van der Waals surface area contributed by atoms with Crippen molar-refractivity contribution in [3.8, 4) is 0 Å². The molecule has 3 rings (SSSR count). The first-order valence-corrected chi connectivity index (χ1v) is 8.69. The zero-order valence-corrected chi connectivity index (χ0v) is 14.3. The normalized spacial score (nSPS) is 16.6. The lowest BCUT2D eigenvalue weighted by Gasteiger charge is -2.35. The molecule has 1 atom stereocenters. The van der Waals surface area contributed by atoms with E-state index in [0.717, 1.165) is 24.2 Å². The minimum atomic E-state index is -0.488. The number of aliphatic hydroxyl groups excluding tert-OH is 1. The van der Waals surface area contributed by atoms with Crippen LogP contribution in [0.5, 0.6) is 0 Å². The van der Waals surface area contributed by atoms with Crippen molar-refractivity contribution >= 4 is 11.6 Å². The molecular weight excluding hydrogens is 314 g/mol. The minimum absolute atomic E-state index is 0.146. The molecule has 5 heteroatoms. The van der Waals surface area contributed by atoms with Crippen molar-refractivity contribution in [2.75, 3.05) is 38.5 Å². The minimum Gasteiger partial charge on any atom is -0.399 e. The fraction of sp³-hybridized carbons (Fsp3) is 0.350. The number of anilines is 1. The Morgan fingerprint density at radius 3 is 2.28 bits per heavy atom. The van der Waals surface area contributed by atoms with Gasteiger partial charge in [0.2, 0.25) is 5.91 Å². The van der Waals surface area contributed by atoms with Crippen LogP contribution in [0.4, 0.5) is 5.69 Å². The third-order valence-corrected chi connectivity index (χ3v) is 4.68. The van der Waals surface area contributed by atoms with E-state index >= 15 is 0 Å². The number of carbonyl (C=O) groups excluding carboxylic acids is 1. The second-order valence-corrected chi connectivity index (χ2v) is 6.53. The summed E-state index contributed by atoms with van der Waals surface area (Å²) in [6.07, 6.45) is -0.0781. The Kier molecular flexibility index (Phi) is 5.68. The smallest absolute Gasteiger partial charge is 0.227 e. The Hall–Kier alpha value is -2.37. The molecule has 2 aromatic carbocycles. The first-order chi connectivity index (χ1) is 12.1. The van der Waals surface area contributed by atoms with Gasteiger partial charge in [0, 0.05) is 38.4 Å². The SMILES string of the molecule is Nc1ccc(CC(=O)N2CCN(CC(O)c3ccccc3)CC2)cc1. The predicted molar refractivity (Wildman–Crippen MR) is 99.0 cm³/mol. The number of β-amino-alcohol motifs (C(OH)–C–C–N with tert-alkyl or cyclic N) is 1. The molecule has 0 aliphatic carbocycles. The average molecular weight is 339 g/mol. The second kappa shape index (κ2) is 8.14. The van der Waals surface area contributed by atoms with Crippen LogP contribution in [0.3, 0.4) is 0 Å². The highest BCUT2D eigenvalue weighted by Crippen LogP contribution is 2.15. The Labute approximate surface area is 148 Å². The van der Waals surface area contributed by atoms with Crippen molar-refractivity contribution < 1.29 is 9.90 Å². The van der Waals surface area contributed by atoms with E-state index < -0.39 is 6.10 Å². The van der Waals surface area contributed by atoms with Gasteiger partial charge < -0.3 is 15.7 Å². The number of nitrogens with two attached hydrogens (primary N) is 1. The molecular formula is C20H25N3O2. The Bertz CT molecular complexity index is 680. The molecule has 132 valence electrons. The number of amides is 1. The summed E-state index contributed by atoms with van der Waals surface area (Å²) in [5, 5.41) is 10.3. The van der Waals surface area contributed by atoms with Crippen molar-refractivity contribution in [3.63, 3.8) is 0 Å². The van der Waals surface area contributed by atoms with E-state index in [1.807, 2.05) is 59.5 Å². The van der Waals surface area contributed by atoms with Gasteiger partial charge in [-0.2, -0.15) is 0 Å². The number of hydrogen-bond acceptors (Lipinski definition) is 4. The Morgan fingerprint density at radius 1 is 1.00 bits per heavy atom. The molecule has 1 aliphatic rings. The first kappa shape index (κ1) is 17.5. The van der Waals surface area contributed by atoms with Crippen LogP contribution in [0.25, 0.3) is 0 Å². The van der Waals surface area contributed by atoms with E-state index in [-0.39, 0.29) is 5.91 Å². The fourth-order valence-corrected chi connectivity index (χ4v) is 3.13. The highest BCUT2D eigenvalue weighted by Gasteiger charge is 2.22. The molecule has 0 radical (unpaired) electrons. The van der Waals surface area contributed by atoms with Gasteiger partial charge in [-0.05, 0) is 23.3 Å². The number of hydrogen-bond donors (Lipinski definition) is 2. The number of piperazine rings is 1. The number of nitrogens with zero attached hydrogens (tertiary/aromatic N) is 2. The fourth-order valence-electron chi connectivity index (χ4n) is 3.13. The number of nitrogen functional groups attached to an aromatic ring is 1. The van der Waals surface area contributed by atoms with E-state index in [1.54, 1.807) is 0 Å². The third kappa shape index (κ3) is 4.81. The summed E-state index contributed by atoms with van der Waals surface area (Å²) >= 11 is 0. The van der Waals surface area contributed by atoms with Gasteiger partial charge in [-0.25, -0.2) is 0 Å². The van der Waals surface area contributed by atoms with Crippen molar-refractivity contribution in [1.82, 2.24) is 9.80 Å². The lowest BCUT2D eigenvalue weighted by molar-refractivity contribution is -0.132. The molecule has 1 amide bonds. The lowest BCUT2D eigenvalue weighted by Crippen LogP contribution is -2.50. The molecule has 2 aromatic rings. The summed E-state index contributed by atoms with van der Waals surface area (Å²) in [5.74, 6) is 0.146. The van der Waals surface area contributed by atoms with Gasteiger partial charge in [0.05, 0.1) is 12.5 Å². The summed E-state index contributed by atoms with van der Waals surface area (Å²) in [4.78, 5) is 16.5. The number of carbonyl (C=O) groups is 1. The van der Waals surface area contributed by atoms with Crippen LogP contribution in [0, 0.1) is 0 Å². The van der Waals surface area contributed by atoms with Gasteiger partial charge in [-0.1, -0.05) is 42.5 Å². The maximum atomic E-state index is 12.4. The average Bonchev–Trinajstić information content (AvgIpc) is 2.65. The maximum absolute atomic E-state index is 12.4. The standard InChI is InChI=1S/C20H25N3O2/c21-18-8-6-16(7-9-18)14-20(25)23-12-10-22(11-13-23)15-19(24)17-4-2-1-3-5-17/h1-9,19,24H,10-15,21H2. The molecule has 5 nitrogen and oxygen atoms in total. The maximum Gasteiger partial charge on any atom is 0.227 e. The zero-order chi connectivity index (χ0) is 17.6. The molecule has 1 saturated heterocycles. The molecule has 0 bridgehead atoms. The van der Waals surface area contributed by atoms with Crippen molar-refractivity contribution in [3.05, 3.63) is 65.7 Å². The van der Waals surface area contributed by atoms with E-state index in [1.165, 1.54) is 0 Å².